The van der Waals surface area contributed by atoms with Crippen LogP contribution in [0.1, 0.15) is 0 Å². The molecule has 0 aromatic heterocycles. The van der Waals surface area contributed by atoms with Gasteiger partial charge < -0.3 is 10.1 Å². The summed E-state index contributed by atoms with van der Waals surface area (Å²) < 4.78 is 5.77. The molecule has 18 heavy (non-hydrogen) atoms. The Morgan fingerprint density at radius 2 is 1.72 bits per heavy atom. The van der Waals surface area contributed by atoms with Crippen LogP contribution in [-0.2, 0) is 0 Å². The maximum Gasteiger partial charge on any atom is 0.132 e. The van der Waals surface area contributed by atoms with Crippen LogP contribution >= 0.6 is 11.8 Å². The highest BCUT2D eigenvalue weighted by Crippen LogP contribution is 2.26. The van der Waals surface area contributed by atoms with Gasteiger partial charge in [0.1, 0.15) is 12.4 Å². The van der Waals surface area contributed by atoms with Crippen molar-refractivity contribution in [1.82, 2.24) is 0 Å². The molecule has 0 radical (unpaired) electrons. The van der Waals surface area contributed by atoms with Gasteiger partial charge in [-0.3, -0.25) is 0 Å². The minimum absolute atomic E-state index is 0.659. The Labute approximate surface area is 112 Å². The van der Waals surface area contributed by atoms with Crippen LogP contribution in [0.15, 0.2) is 59.5 Å². The second-order valence-corrected chi connectivity index (χ2v) is 4.64. The predicted molar refractivity (Wildman–Crippen MR) is 78.6 cm³/mol. The van der Waals surface area contributed by atoms with Gasteiger partial charge in [-0.2, -0.15) is 0 Å². The summed E-state index contributed by atoms with van der Waals surface area (Å²) in [6.07, 6.45) is 2.06. The fourth-order valence-electron chi connectivity index (χ4n) is 1.65. The molecule has 0 spiro atoms. The summed E-state index contributed by atoms with van der Waals surface area (Å²) in [5, 5.41) is 3.32. The Morgan fingerprint density at radius 1 is 1.00 bits per heavy atom. The monoisotopic (exact) mass is 259 g/mol. The van der Waals surface area contributed by atoms with Gasteiger partial charge in [0.05, 0.1) is 0 Å². The first-order valence-electron chi connectivity index (χ1n) is 5.95. The van der Waals surface area contributed by atoms with E-state index in [1.54, 1.807) is 11.8 Å². The zero-order valence-electron chi connectivity index (χ0n) is 10.4. The van der Waals surface area contributed by atoms with Gasteiger partial charge in [0, 0.05) is 17.1 Å². The first kappa shape index (κ1) is 12.8. The van der Waals surface area contributed by atoms with Crippen molar-refractivity contribution in [2.45, 2.75) is 4.90 Å². The van der Waals surface area contributed by atoms with Crippen LogP contribution in [0.3, 0.4) is 0 Å². The van der Waals surface area contributed by atoms with Crippen LogP contribution in [0.25, 0.3) is 0 Å². The summed E-state index contributed by atoms with van der Waals surface area (Å²) in [5.74, 6) is 0.958. The molecule has 0 unspecified atom stereocenters. The van der Waals surface area contributed by atoms with Gasteiger partial charge in [-0.15, -0.1) is 11.8 Å². The van der Waals surface area contributed by atoms with Gasteiger partial charge in [0.2, 0.25) is 0 Å². The molecule has 2 nitrogen and oxygen atoms in total. The van der Waals surface area contributed by atoms with Gasteiger partial charge in [-0.05, 0) is 30.5 Å². The second kappa shape index (κ2) is 6.97. The number of anilines is 1. The first-order chi connectivity index (χ1) is 8.90. The molecule has 0 saturated carbocycles. The summed E-state index contributed by atoms with van der Waals surface area (Å²) >= 11 is 1.70. The Bertz CT molecular complexity index is 473. The second-order valence-electron chi connectivity index (χ2n) is 3.79. The van der Waals surface area contributed by atoms with E-state index in [0.717, 1.165) is 18.0 Å². The maximum atomic E-state index is 5.77. The Hall–Kier alpha value is -1.61. The summed E-state index contributed by atoms with van der Waals surface area (Å²) in [4.78, 5) is 1.18. The highest BCUT2D eigenvalue weighted by Gasteiger charge is 2.00. The molecule has 2 aromatic rings. The molecule has 2 aromatic carbocycles. The van der Waals surface area contributed by atoms with Crippen molar-refractivity contribution in [3.63, 3.8) is 0 Å². The quantitative estimate of drug-likeness (QED) is 0.628. The van der Waals surface area contributed by atoms with E-state index in [4.69, 9.17) is 4.74 Å². The number of hydrogen-bond donors (Lipinski definition) is 1. The lowest BCUT2D eigenvalue weighted by Crippen LogP contribution is -2.11. The van der Waals surface area contributed by atoms with Gasteiger partial charge in [-0.25, -0.2) is 0 Å². The molecular weight excluding hydrogens is 242 g/mol. The highest BCUT2D eigenvalue weighted by atomic mass is 32.2. The smallest absolute Gasteiger partial charge is 0.132 e. The number of ether oxygens (including phenoxy) is 1. The topological polar surface area (TPSA) is 21.3 Å². The van der Waals surface area contributed by atoms with Crippen molar-refractivity contribution in [2.75, 3.05) is 24.7 Å². The van der Waals surface area contributed by atoms with Gasteiger partial charge in [0.25, 0.3) is 0 Å². The number of para-hydroxylation sites is 2. The summed E-state index contributed by atoms with van der Waals surface area (Å²) in [7, 11) is 0. The predicted octanol–water partition coefficient (Wildman–Crippen LogP) is 3.90. The fourth-order valence-corrected chi connectivity index (χ4v) is 2.19. The van der Waals surface area contributed by atoms with Crippen LogP contribution < -0.4 is 10.1 Å². The van der Waals surface area contributed by atoms with Crippen molar-refractivity contribution in [3.8, 4) is 5.75 Å². The molecule has 2 rings (SSSR count). The number of thioether (sulfide) groups is 1. The van der Waals surface area contributed by atoms with Crippen LogP contribution in [0, 0.1) is 0 Å². The van der Waals surface area contributed by atoms with E-state index in [1.807, 2.05) is 36.4 Å². The molecule has 1 N–H and O–H groups in total. The van der Waals surface area contributed by atoms with Gasteiger partial charge >= 0.3 is 0 Å². The molecule has 0 amide bonds. The van der Waals surface area contributed by atoms with Crippen LogP contribution in [0.4, 0.5) is 5.69 Å². The maximum absolute atomic E-state index is 5.77. The van der Waals surface area contributed by atoms with Crippen LogP contribution in [0.2, 0.25) is 0 Å². The van der Waals surface area contributed by atoms with Crippen molar-refractivity contribution < 1.29 is 4.74 Å². The molecule has 0 aliphatic carbocycles. The molecule has 0 aliphatic rings. The van der Waals surface area contributed by atoms with Crippen molar-refractivity contribution in [2.24, 2.45) is 0 Å². The normalized spacial score (nSPS) is 10.1. The van der Waals surface area contributed by atoms with E-state index < -0.39 is 0 Å². The summed E-state index contributed by atoms with van der Waals surface area (Å²) in [6.45, 7) is 1.46. The third-order valence-electron chi connectivity index (χ3n) is 2.53. The Balaban J connectivity index is 1.78. The van der Waals surface area contributed by atoms with Crippen molar-refractivity contribution in [1.29, 1.82) is 0 Å². The van der Waals surface area contributed by atoms with Crippen molar-refractivity contribution >= 4 is 17.4 Å². The Morgan fingerprint density at radius 3 is 2.50 bits per heavy atom. The van der Waals surface area contributed by atoms with Gasteiger partial charge in [-0.1, -0.05) is 30.3 Å². The largest absolute Gasteiger partial charge is 0.491 e. The zero-order chi connectivity index (χ0) is 12.6. The molecule has 0 bridgehead atoms. The van der Waals surface area contributed by atoms with E-state index in [2.05, 4.69) is 29.8 Å². The Kier molecular flexibility index (Phi) is 4.97. The molecule has 0 aliphatic heterocycles. The molecule has 0 fully saturated rings. The molecule has 0 heterocycles. The third kappa shape index (κ3) is 3.70. The average Bonchev–Trinajstić information content (AvgIpc) is 2.45. The fraction of sp³-hybridized carbons (Fsp3) is 0.200. The SMILES string of the molecule is CSc1ccccc1OCCNc1ccccc1. The van der Waals surface area contributed by atoms with E-state index in [-0.39, 0.29) is 0 Å². The highest BCUT2D eigenvalue weighted by molar-refractivity contribution is 7.98. The minimum Gasteiger partial charge on any atom is -0.491 e. The zero-order valence-corrected chi connectivity index (χ0v) is 11.2. The van der Waals surface area contributed by atoms with Crippen LogP contribution in [0.5, 0.6) is 5.75 Å². The van der Waals surface area contributed by atoms with Gasteiger partial charge in [0.15, 0.2) is 0 Å². The van der Waals surface area contributed by atoms with E-state index in [9.17, 15) is 0 Å². The van der Waals surface area contributed by atoms with E-state index in [0.29, 0.717) is 6.61 Å². The number of rotatable bonds is 6. The van der Waals surface area contributed by atoms with Crippen molar-refractivity contribution in [3.05, 3.63) is 54.6 Å². The van der Waals surface area contributed by atoms with Crippen LogP contribution in [-0.4, -0.2) is 19.4 Å². The number of benzene rings is 2. The molecule has 0 saturated heterocycles. The summed E-state index contributed by atoms with van der Waals surface area (Å²) in [6, 6.07) is 18.3. The lowest BCUT2D eigenvalue weighted by atomic mass is 10.3. The molecule has 3 heteroatoms. The first-order valence-corrected chi connectivity index (χ1v) is 7.17. The lowest BCUT2D eigenvalue weighted by Gasteiger charge is -2.10. The number of nitrogens with one attached hydrogen (secondary N) is 1. The molecule has 0 atom stereocenters. The van der Waals surface area contributed by atoms with E-state index in [1.165, 1.54) is 4.90 Å². The average molecular weight is 259 g/mol. The minimum atomic E-state index is 0.659. The molecule has 94 valence electrons. The lowest BCUT2D eigenvalue weighted by molar-refractivity contribution is 0.325. The van der Waals surface area contributed by atoms with E-state index >= 15 is 0 Å². The third-order valence-corrected chi connectivity index (χ3v) is 3.31. The summed E-state index contributed by atoms with van der Waals surface area (Å²) in [5.41, 5.74) is 1.12. The number of hydrogen-bond acceptors (Lipinski definition) is 3. The standard InChI is InChI=1S/C15H17NOS/c1-18-15-10-6-5-9-14(15)17-12-11-16-13-7-3-2-4-8-13/h2-10,16H,11-12H2,1H3. The molecular formula is C15H17NOS.